The average Bonchev–Trinajstić information content (AvgIpc) is 2.76. The Balaban J connectivity index is 2.55. The highest BCUT2D eigenvalue weighted by Gasteiger charge is 2.38. The van der Waals surface area contributed by atoms with Gasteiger partial charge in [-0.15, -0.1) is 0 Å². The predicted octanol–water partition coefficient (Wildman–Crippen LogP) is -0.0675. The van der Waals surface area contributed by atoms with Gasteiger partial charge < -0.3 is 20.1 Å². The molecule has 104 valence electrons. The van der Waals surface area contributed by atoms with Gasteiger partial charge in [0.15, 0.2) is 0 Å². The molecule has 1 heterocycles. The molecule has 0 saturated carbocycles. The molecule has 2 N–H and O–H groups in total. The van der Waals surface area contributed by atoms with Crippen molar-refractivity contribution in [1.82, 2.24) is 10.2 Å². The first-order chi connectivity index (χ1) is 8.47. The van der Waals surface area contributed by atoms with Crippen LogP contribution in [0.1, 0.15) is 20.3 Å². The van der Waals surface area contributed by atoms with Crippen molar-refractivity contribution < 1.29 is 19.4 Å². The summed E-state index contributed by atoms with van der Waals surface area (Å²) >= 11 is 0. The number of hydrogen-bond acceptors (Lipinski definition) is 4. The largest absolute Gasteiger partial charge is 0.481 e. The quantitative estimate of drug-likeness (QED) is 0.697. The molecular formula is C12H22N2O4. The number of likely N-dealkylation sites (N-methyl/N-ethyl adjacent to an activating group) is 1. The van der Waals surface area contributed by atoms with Crippen LogP contribution in [-0.4, -0.2) is 60.8 Å². The summed E-state index contributed by atoms with van der Waals surface area (Å²) in [6.07, 6.45) is 0.368. The van der Waals surface area contributed by atoms with E-state index in [1.807, 2.05) is 13.8 Å². The number of carbonyl (C=O) groups is 2. The van der Waals surface area contributed by atoms with E-state index in [0.717, 1.165) is 6.54 Å². The fourth-order valence-corrected chi connectivity index (χ4v) is 2.17. The minimum Gasteiger partial charge on any atom is -0.481 e. The Kier molecular flexibility index (Phi) is 5.55. The van der Waals surface area contributed by atoms with Gasteiger partial charge in [-0.3, -0.25) is 9.59 Å². The van der Waals surface area contributed by atoms with Crippen molar-refractivity contribution in [2.24, 2.45) is 5.92 Å². The van der Waals surface area contributed by atoms with E-state index >= 15 is 0 Å². The SMILES string of the molecule is CCNC(C)CC(=O)N(C)C1COCC1C(=O)O. The number of carboxylic acids is 1. The van der Waals surface area contributed by atoms with Crippen LogP contribution in [0.2, 0.25) is 0 Å². The van der Waals surface area contributed by atoms with E-state index < -0.39 is 11.9 Å². The molecule has 0 bridgehead atoms. The number of amides is 1. The lowest BCUT2D eigenvalue weighted by molar-refractivity contribution is -0.144. The van der Waals surface area contributed by atoms with Gasteiger partial charge in [0.1, 0.15) is 5.92 Å². The smallest absolute Gasteiger partial charge is 0.311 e. The van der Waals surface area contributed by atoms with Crippen molar-refractivity contribution in [2.75, 3.05) is 26.8 Å². The van der Waals surface area contributed by atoms with Crippen molar-refractivity contribution in [3.8, 4) is 0 Å². The summed E-state index contributed by atoms with van der Waals surface area (Å²) in [7, 11) is 1.65. The number of hydrogen-bond donors (Lipinski definition) is 2. The first-order valence-electron chi connectivity index (χ1n) is 6.27. The molecule has 1 amide bonds. The van der Waals surface area contributed by atoms with Gasteiger partial charge in [-0.1, -0.05) is 6.92 Å². The Labute approximate surface area is 107 Å². The first kappa shape index (κ1) is 14.9. The topological polar surface area (TPSA) is 78.9 Å². The summed E-state index contributed by atoms with van der Waals surface area (Å²) in [6, 6.07) is -0.264. The second kappa shape index (κ2) is 6.70. The van der Waals surface area contributed by atoms with Crippen LogP contribution in [0.15, 0.2) is 0 Å². The molecule has 18 heavy (non-hydrogen) atoms. The first-order valence-corrected chi connectivity index (χ1v) is 6.27. The van der Waals surface area contributed by atoms with Crippen molar-refractivity contribution >= 4 is 11.9 Å². The summed E-state index contributed by atoms with van der Waals surface area (Å²) < 4.78 is 5.16. The Bertz CT molecular complexity index is 308. The number of rotatable bonds is 6. The zero-order valence-electron chi connectivity index (χ0n) is 11.2. The molecule has 0 aromatic rings. The third-order valence-corrected chi connectivity index (χ3v) is 3.29. The third kappa shape index (κ3) is 3.68. The number of aliphatic carboxylic acids is 1. The molecule has 1 aliphatic heterocycles. The van der Waals surface area contributed by atoms with E-state index in [1.54, 1.807) is 7.05 Å². The maximum atomic E-state index is 12.0. The molecular weight excluding hydrogens is 236 g/mol. The molecule has 6 nitrogen and oxygen atoms in total. The van der Waals surface area contributed by atoms with Crippen LogP contribution in [0.25, 0.3) is 0 Å². The van der Waals surface area contributed by atoms with Crippen LogP contribution in [0.5, 0.6) is 0 Å². The number of carbonyl (C=O) groups excluding carboxylic acids is 1. The summed E-state index contributed by atoms with van der Waals surface area (Å²) in [4.78, 5) is 24.6. The minimum absolute atomic E-state index is 0.0507. The van der Waals surface area contributed by atoms with Crippen LogP contribution in [0, 0.1) is 5.92 Å². The number of carboxylic acid groups (broad SMARTS) is 1. The molecule has 3 unspecified atom stereocenters. The fourth-order valence-electron chi connectivity index (χ4n) is 2.17. The molecule has 1 aliphatic rings. The van der Waals surface area contributed by atoms with E-state index in [9.17, 15) is 9.59 Å². The molecule has 1 saturated heterocycles. The standard InChI is InChI=1S/C12H22N2O4/c1-4-13-8(2)5-11(15)14(3)10-7-18-6-9(10)12(16)17/h8-10,13H,4-7H2,1-3H3,(H,16,17). The van der Waals surface area contributed by atoms with Gasteiger partial charge in [-0.25, -0.2) is 0 Å². The van der Waals surface area contributed by atoms with Gasteiger partial charge in [-0.2, -0.15) is 0 Å². The van der Waals surface area contributed by atoms with Gasteiger partial charge in [0, 0.05) is 19.5 Å². The van der Waals surface area contributed by atoms with E-state index in [-0.39, 0.29) is 24.6 Å². The van der Waals surface area contributed by atoms with Crippen molar-refractivity contribution in [3.05, 3.63) is 0 Å². The summed E-state index contributed by atoms with van der Waals surface area (Å²) in [5.74, 6) is -1.57. The molecule has 0 radical (unpaired) electrons. The van der Waals surface area contributed by atoms with Gasteiger partial charge in [0.25, 0.3) is 0 Å². The molecule has 6 heteroatoms. The van der Waals surface area contributed by atoms with E-state index in [4.69, 9.17) is 9.84 Å². The van der Waals surface area contributed by atoms with Crippen LogP contribution in [-0.2, 0) is 14.3 Å². The second-order valence-corrected chi connectivity index (χ2v) is 4.72. The van der Waals surface area contributed by atoms with Crippen LogP contribution < -0.4 is 5.32 Å². The summed E-state index contributed by atoms with van der Waals surface area (Å²) in [6.45, 7) is 5.21. The van der Waals surface area contributed by atoms with Crippen LogP contribution >= 0.6 is 0 Å². The zero-order valence-corrected chi connectivity index (χ0v) is 11.2. The predicted molar refractivity (Wildman–Crippen MR) is 66.3 cm³/mol. The monoisotopic (exact) mass is 258 g/mol. The molecule has 1 fully saturated rings. The van der Waals surface area contributed by atoms with Gasteiger partial charge in [0.05, 0.1) is 19.3 Å². The van der Waals surface area contributed by atoms with Crippen molar-refractivity contribution in [3.63, 3.8) is 0 Å². The maximum absolute atomic E-state index is 12.0. The fraction of sp³-hybridized carbons (Fsp3) is 0.833. The third-order valence-electron chi connectivity index (χ3n) is 3.29. The average molecular weight is 258 g/mol. The molecule has 0 aromatic heterocycles. The zero-order chi connectivity index (χ0) is 13.7. The molecule has 0 aliphatic carbocycles. The molecule has 1 rings (SSSR count). The molecule has 0 aromatic carbocycles. The lowest BCUT2D eigenvalue weighted by Crippen LogP contribution is -2.45. The van der Waals surface area contributed by atoms with Gasteiger partial charge >= 0.3 is 5.97 Å². The maximum Gasteiger partial charge on any atom is 0.311 e. The van der Waals surface area contributed by atoms with Crippen LogP contribution in [0.4, 0.5) is 0 Å². The Morgan fingerprint density at radius 2 is 2.17 bits per heavy atom. The lowest BCUT2D eigenvalue weighted by Gasteiger charge is -2.27. The number of nitrogens with zero attached hydrogens (tertiary/aromatic N) is 1. The highest BCUT2D eigenvalue weighted by atomic mass is 16.5. The summed E-state index contributed by atoms with van der Waals surface area (Å²) in [5, 5.41) is 12.2. The van der Waals surface area contributed by atoms with Crippen molar-refractivity contribution in [2.45, 2.75) is 32.4 Å². The van der Waals surface area contributed by atoms with Gasteiger partial charge in [-0.05, 0) is 13.5 Å². The Morgan fingerprint density at radius 1 is 1.50 bits per heavy atom. The Morgan fingerprint density at radius 3 is 2.72 bits per heavy atom. The number of ether oxygens (including phenoxy) is 1. The van der Waals surface area contributed by atoms with Crippen molar-refractivity contribution in [1.29, 1.82) is 0 Å². The highest BCUT2D eigenvalue weighted by molar-refractivity contribution is 5.78. The summed E-state index contributed by atoms with van der Waals surface area (Å²) in [5.41, 5.74) is 0. The highest BCUT2D eigenvalue weighted by Crippen LogP contribution is 2.19. The van der Waals surface area contributed by atoms with E-state index in [0.29, 0.717) is 13.0 Å². The van der Waals surface area contributed by atoms with Crippen LogP contribution in [0.3, 0.4) is 0 Å². The molecule has 3 atom stereocenters. The number of nitrogens with one attached hydrogen (secondary N) is 1. The minimum atomic E-state index is -0.906. The lowest BCUT2D eigenvalue weighted by atomic mass is 10.0. The molecule has 0 spiro atoms. The van der Waals surface area contributed by atoms with E-state index in [1.165, 1.54) is 4.90 Å². The van der Waals surface area contributed by atoms with E-state index in [2.05, 4.69) is 5.32 Å². The normalized spacial score (nSPS) is 24.8. The Hall–Kier alpha value is -1.14. The van der Waals surface area contributed by atoms with Gasteiger partial charge in [0.2, 0.25) is 5.91 Å². The second-order valence-electron chi connectivity index (χ2n) is 4.72.